The van der Waals surface area contributed by atoms with Crippen molar-refractivity contribution in [1.29, 1.82) is 0 Å². The van der Waals surface area contributed by atoms with Crippen molar-refractivity contribution in [1.82, 2.24) is 9.78 Å². The van der Waals surface area contributed by atoms with Crippen LogP contribution in [0.15, 0.2) is 54.6 Å². The highest BCUT2D eigenvalue weighted by atomic mass is 16.5. The van der Waals surface area contributed by atoms with Gasteiger partial charge in [0.2, 0.25) is 0 Å². The molecule has 0 bridgehead atoms. The lowest BCUT2D eigenvalue weighted by Crippen LogP contribution is -2.18. The highest BCUT2D eigenvalue weighted by Gasteiger charge is 2.20. The molecule has 0 saturated carbocycles. The number of ether oxygens (including phenoxy) is 1. The number of nitrogens with two attached hydrogens (primary N) is 1. The molecule has 25 heavy (non-hydrogen) atoms. The van der Waals surface area contributed by atoms with Crippen molar-refractivity contribution in [2.24, 2.45) is 12.8 Å². The summed E-state index contributed by atoms with van der Waals surface area (Å²) in [6, 6.07) is 18.6. The zero-order chi connectivity index (χ0) is 17.8. The number of hydrogen-bond donors (Lipinski definition) is 1. The van der Waals surface area contributed by atoms with Crippen LogP contribution in [0, 0.1) is 6.92 Å². The molecule has 3 aromatic rings. The molecule has 1 heterocycles. The van der Waals surface area contributed by atoms with E-state index in [0.717, 1.165) is 22.7 Å². The van der Waals surface area contributed by atoms with E-state index in [1.165, 1.54) is 11.1 Å². The lowest BCUT2D eigenvalue weighted by atomic mass is 9.91. The molecule has 4 heteroatoms. The van der Waals surface area contributed by atoms with E-state index in [4.69, 9.17) is 10.5 Å². The van der Waals surface area contributed by atoms with Crippen LogP contribution in [-0.4, -0.2) is 22.9 Å². The van der Waals surface area contributed by atoms with Gasteiger partial charge in [-0.15, -0.1) is 0 Å². The summed E-state index contributed by atoms with van der Waals surface area (Å²) in [4.78, 5) is 0. The van der Waals surface area contributed by atoms with Crippen LogP contribution < -0.4 is 10.5 Å². The topological polar surface area (TPSA) is 53.1 Å². The van der Waals surface area contributed by atoms with Gasteiger partial charge in [0.05, 0.1) is 12.3 Å². The highest BCUT2D eigenvalue weighted by molar-refractivity contribution is 5.60. The number of benzene rings is 2. The smallest absolute Gasteiger partial charge is 0.119 e. The van der Waals surface area contributed by atoms with Crippen molar-refractivity contribution in [2.45, 2.75) is 19.8 Å². The zero-order valence-corrected chi connectivity index (χ0v) is 15.1. The van der Waals surface area contributed by atoms with E-state index in [0.29, 0.717) is 13.2 Å². The van der Waals surface area contributed by atoms with Crippen LogP contribution in [0.25, 0.3) is 11.3 Å². The number of rotatable bonds is 6. The summed E-state index contributed by atoms with van der Waals surface area (Å²) in [5.41, 5.74) is 11.8. The Morgan fingerprint density at radius 1 is 1.12 bits per heavy atom. The Morgan fingerprint density at radius 2 is 1.88 bits per heavy atom. The monoisotopic (exact) mass is 335 g/mol. The van der Waals surface area contributed by atoms with Crippen LogP contribution in [0.2, 0.25) is 0 Å². The first-order valence-corrected chi connectivity index (χ1v) is 8.66. The Balaban J connectivity index is 1.98. The van der Waals surface area contributed by atoms with Gasteiger partial charge < -0.3 is 10.5 Å². The molecule has 0 aliphatic rings. The molecule has 130 valence electrons. The van der Waals surface area contributed by atoms with Crippen molar-refractivity contribution in [3.63, 3.8) is 0 Å². The van der Waals surface area contributed by atoms with Crippen LogP contribution in [0.3, 0.4) is 0 Å². The minimum atomic E-state index is 0.102. The summed E-state index contributed by atoms with van der Waals surface area (Å²) in [6.07, 6.45) is 0. The molecular weight excluding hydrogens is 310 g/mol. The van der Waals surface area contributed by atoms with Gasteiger partial charge in [-0.25, -0.2) is 0 Å². The van der Waals surface area contributed by atoms with Crippen LogP contribution in [0.4, 0.5) is 0 Å². The van der Waals surface area contributed by atoms with Gasteiger partial charge >= 0.3 is 0 Å². The molecule has 3 rings (SSSR count). The van der Waals surface area contributed by atoms with E-state index in [1.54, 1.807) is 0 Å². The first-order chi connectivity index (χ1) is 12.1. The summed E-state index contributed by atoms with van der Waals surface area (Å²) in [6.45, 7) is 5.30. The average molecular weight is 335 g/mol. The predicted octanol–water partition coefficient (Wildman–Crippen LogP) is 3.88. The summed E-state index contributed by atoms with van der Waals surface area (Å²) in [7, 11) is 1.98. The van der Waals surface area contributed by atoms with Crippen molar-refractivity contribution in [3.8, 4) is 17.0 Å². The van der Waals surface area contributed by atoms with Crippen molar-refractivity contribution < 1.29 is 4.74 Å². The van der Waals surface area contributed by atoms with Gasteiger partial charge in [0.25, 0.3) is 0 Å². The Labute approximate surface area is 149 Å². The second-order valence-corrected chi connectivity index (χ2v) is 6.18. The molecule has 0 aliphatic carbocycles. The molecule has 0 radical (unpaired) electrons. The summed E-state index contributed by atoms with van der Waals surface area (Å²) < 4.78 is 7.54. The third-order valence-corrected chi connectivity index (χ3v) is 4.51. The van der Waals surface area contributed by atoms with Gasteiger partial charge in [0.15, 0.2) is 0 Å². The molecular formula is C21H25N3O. The molecule has 1 unspecified atom stereocenters. The molecule has 1 aromatic heterocycles. The lowest BCUT2D eigenvalue weighted by molar-refractivity contribution is 0.340. The van der Waals surface area contributed by atoms with Crippen LogP contribution in [0.1, 0.15) is 29.7 Å². The summed E-state index contributed by atoms with van der Waals surface area (Å²) >= 11 is 0. The van der Waals surface area contributed by atoms with Crippen molar-refractivity contribution in [3.05, 3.63) is 71.4 Å². The number of hydrogen-bond acceptors (Lipinski definition) is 3. The fourth-order valence-electron chi connectivity index (χ4n) is 3.26. The largest absolute Gasteiger partial charge is 0.494 e. The van der Waals surface area contributed by atoms with E-state index >= 15 is 0 Å². The molecule has 2 N–H and O–H groups in total. The van der Waals surface area contributed by atoms with Crippen molar-refractivity contribution >= 4 is 0 Å². The molecule has 1 atom stereocenters. The normalized spacial score (nSPS) is 12.2. The van der Waals surface area contributed by atoms with Crippen LogP contribution in [-0.2, 0) is 7.05 Å². The molecule has 2 aromatic carbocycles. The second kappa shape index (κ2) is 7.53. The molecule has 0 aliphatic heterocycles. The number of aromatic nitrogens is 2. The number of aryl methyl sites for hydroxylation is 2. The van der Waals surface area contributed by atoms with E-state index in [9.17, 15) is 0 Å². The third-order valence-electron chi connectivity index (χ3n) is 4.51. The van der Waals surface area contributed by atoms with Gasteiger partial charge in [-0.1, -0.05) is 36.4 Å². The van der Waals surface area contributed by atoms with E-state index in [-0.39, 0.29) is 5.92 Å². The van der Waals surface area contributed by atoms with Gasteiger partial charge in [0.1, 0.15) is 5.75 Å². The van der Waals surface area contributed by atoms with Crippen LogP contribution in [0.5, 0.6) is 5.75 Å². The highest BCUT2D eigenvalue weighted by Crippen LogP contribution is 2.31. The Bertz CT molecular complexity index is 840. The van der Waals surface area contributed by atoms with E-state index < -0.39 is 0 Å². The molecule has 0 saturated heterocycles. The fourth-order valence-corrected chi connectivity index (χ4v) is 3.26. The van der Waals surface area contributed by atoms with E-state index in [1.807, 2.05) is 42.9 Å². The van der Waals surface area contributed by atoms with Gasteiger partial charge in [0, 0.05) is 30.8 Å². The summed E-state index contributed by atoms with van der Waals surface area (Å²) in [5, 5.41) is 4.69. The maximum atomic E-state index is 6.15. The Hall–Kier alpha value is -2.59. The standard InChI is InChI=1S/C21H25N3O/c1-4-25-17-10-11-18(15(2)12-17)19(14-22)21-13-20(23-24(21)3)16-8-6-5-7-9-16/h5-13,19H,4,14,22H2,1-3H3. The fraction of sp³-hybridized carbons (Fsp3) is 0.286. The average Bonchev–Trinajstić information content (AvgIpc) is 3.00. The first-order valence-electron chi connectivity index (χ1n) is 8.66. The molecule has 0 spiro atoms. The second-order valence-electron chi connectivity index (χ2n) is 6.18. The minimum absolute atomic E-state index is 0.102. The number of nitrogens with zero attached hydrogens (tertiary/aromatic N) is 2. The summed E-state index contributed by atoms with van der Waals surface area (Å²) in [5.74, 6) is 1.00. The zero-order valence-electron chi connectivity index (χ0n) is 15.1. The van der Waals surface area contributed by atoms with Gasteiger partial charge in [-0.2, -0.15) is 5.10 Å². The lowest BCUT2D eigenvalue weighted by Gasteiger charge is -2.18. The third kappa shape index (κ3) is 3.59. The Kier molecular flexibility index (Phi) is 5.19. The SMILES string of the molecule is CCOc1ccc(C(CN)c2cc(-c3ccccc3)nn2C)c(C)c1. The van der Waals surface area contributed by atoms with Crippen molar-refractivity contribution in [2.75, 3.05) is 13.2 Å². The molecule has 0 amide bonds. The van der Waals surface area contributed by atoms with E-state index in [2.05, 4.69) is 42.4 Å². The van der Waals surface area contributed by atoms with Crippen LogP contribution >= 0.6 is 0 Å². The Morgan fingerprint density at radius 3 is 2.52 bits per heavy atom. The predicted molar refractivity (Wildman–Crippen MR) is 102 cm³/mol. The van der Waals surface area contributed by atoms with Gasteiger partial charge in [-0.3, -0.25) is 4.68 Å². The maximum absolute atomic E-state index is 6.15. The quantitative estimate of drug-likeness (QED) is 0.743. The van der Waals surface area contributed by atoms with Gasteiger partial charge in [-0.05, 0) is 43.2 Å². The molecule has 4 nitrogen and oxygen atoms in total. The molecule has 0 fully saturated rings. The minimum Gasteiger partial charge on any atom is -0.494 e. The first kappa shape index (κ1) is 17.2. The maximum Gasteiger partial charge on any atom is 0.119 e.